The van der Waals surface area contributed by atoms with Gasteiger partial charge in [0.05, 0.1) is 0 Å². The zero-order valence-electron chi connectivity index (χ0n) is 19.3. The summed E-state index contributed by atoms with van der Waals surface area (Å²) >= 11 is 0. The molecule has 1 saturated carbocycles. The predicted octanol–water partition coefficient (Wildman–Crippen LogP) is 2.54. The Labute approximate surface area is 191 Å². The maximum Gasteiger partial charge on any atom is 0.320 e. The minimum absolute atomic E-state index is 0.0443. The van der Waals surface area contributed by atoms with Gasteiger partial charge in [0.2, 0.25) is 5.91 Å². The van der Waals surface area contributed by atoms with Gasteiger partial charge in [-0.15, -0.1) is 0 Å². The molecule has 178 valence electrons. The summed E-state index contributed by atoms with van der Waals surface area (Å²) in [6.45, 7) is 3.78. The Balaban J connectivity index is 1.09. The van der Waals surface area contributed by atoms with E-state index in [0.717, 1.165) is 64.6 Å². The van der Waals surface area contributed by atoms with Gasteiger partial charge >= 0.3 is 12.1 Å². The molecular formula is C24H39N5O3. The molecule has 2 N–H and O–H groups in total. The summed E-state index contributed by atoms with van der Waals surface area (Å²) in [5.74, 6) is 1.16. The van der Waals surface area contributed by atoms with Crippen molar-refractivity contribution in [3.63, 3.8) is 0 Å². The van der Waals surface area contributed by atoms with Crippen molar-refractivity contribution in [2.24, 2.45) is 11.8 Å². The van der Waals surface area contributed by atoms with Crippen molar-refractivity contribution in [2.45, 2.75) is 88.8 Å². The zero-order chi connectivity index (χ0) is 22.1. The topological polar surface area (TPSA) is 85.0 Å². The molecule has 4 saturated heterocycles. The first kappa shape index (κ1) is 21.8. The van der Waals surface area contributed by atoms with Gasteiger partial charge in [0.1, 0.15) is 0 Å². The van der Waals surface area contributed by atoms with Crippen LogP contribution < -0.4 is 10.6 Å². The van der Waals surface area contributed by atoms with Crippen LogP contribution in [0.25, 0.3) is 0 Å². The largest absolute Gasteiger partial charge is 0.339 e. The molecule has 32 heavy (non-hydrogen) atoms. The lowest BCUT2D eigenvalue weighted by Crippen LogP contribution is -2.62. The summed E-state index contributed by atoms with van der Waals surface area (Å²) in [5, 5.41) is 6.27. The molecule has 0 aromatic heterocycles. The molecule has 1 aliphatic carbocycles. The van der Waals surface area contributed by atoms with Crippen molar-refractivity contribution in [3.8, 4) is 0 Å². The molecule has 2 bridgehead atoms. The van der Waals surface area contributed by atoms with E-state index in [4.69, 9.17) is 0 Å². The van der Waals surface area contributed by atoms with E-state index in [1.54, 1.807) is 0 Å². The van der Waals surface area contributed by atoms with Crippen LogP contribution in [-0.2, 0) is 4.79 Å². The Morgan fingerprint density at radius 3 is 2.25 bits per heavy atom. The Morgan fingerprint density at radius 1 is 0.781 bits per heavy atom. The summed E-state index contributed by atoms with van der Waals surface area (Å²) in [5.41, 5.74) is 0. The van der Waals surface area contributed by atoms with Gasteiger partial charge in [0.25, 0.3) is 0 Å². The van der Waals surface area contributed by atoms with E-state index < -0.39 is 0 Å². The van der Waals surface area contributed by atoms with Gasteiger partial charge in [-0.25, -0.2) is 9.59 Å². The van der Waals surface area contributed by atoms with Gasteiger partial charge in [-0.05, 0) is 56.8 Å². The predicted molar refractivity (Wildman–Crippen MR) is 121 cm³/mol. The Bertz CT molecular complexity index is 716. The maximum atomic E-state index is 13.3. The van der Waals surface area contributed by atoms with E-state index in [1.165, 1.54) is 19.3 Å². The lowest BCUT2D eigenvalue weighted by Gasteiger charge is -2.53. The second kappa shape index (κ2) is 9.48. The first-order valence-corrected chi connectivity index (χ1v) is 13.0. The number of urea groups is 2. The maximum absolute atomic E-state index is 13.3. The van der Waals surface area contributed by atoms with Crippen LogP contribution >= 0.6 is 0 Å². The van der Waals surface area contributed by atoms with Crippen LogP contribution in [0.2, 0.25) is 0 Å². The van der Waals surface area contributed by atoms with Crippen molar-refractivity contribution in [3.05, 3.63) is 0 Å². The second-order valence-corrected chi connectivity index (χ2v) is 10.8. The van der Waals surface area contributed by atoms with Gasteiger partial charge in [0.15, 0.2) is 0 Å². The van der Waals surface area contributed by atoms with Gasteiger partial charge < -0.3 is 25.3 Å². The van der Waals surface area contributed by atoms with Crippen LogP contribution in [0.5, 0.6) is 0 Å². The van der Waals surface area contributed by atoms with Gasteiger partial charge in [-0.1, -0.05) is 19.3 Å². The average molecular weight is 446 g/mol. The minimum Gasteiger partial charge on any atom is -0.339 e. The number of likely N-dealkylation sites (tertiary alicyclic amines) is 2. The number of amides is 5. The molecule has 5 amide bonds. The van der Waals surface area contributed by atoms with Gasteiger partial charge in [0, 0.05) is 57.3 Å². The summed E-state index contributed by atoms with van der Waals surface area (Å²) < 4.78 is 0. The normalized spacial score (nSPS) is 31.8. The molecular weight excluding hydrogens is 406 g/mol. The molecule has 0 radical (unpaired) electrons. The van der Waals surface area contributed by atoms with Crippen molar-refractivity contribution < 1.29 is 14.4 Å². The summed E-state index contributed by atoms with van der Waals surface area (Å²) in [7, 11) is 0. The fourth-order valence-electron chi connectivity index (χ4n) is 6.84. The number of rotatable bonds is 2. The Hall–Kier alpha value is -1.99. The highest BCUT2D eigenvalue weighted by atomic mass is 16.2. The van der Waals surface area contributed by atoms with Crippen LogP contribution in [-0.4, -0.2) is 83.5 Å². The lowest BCUT2D eigenvalue weighted by molar-refractivity contribution is -0.144. The monoisotopic (exact) mass is 445 g/mol. The molecule has 0 unspecified atom stereocenters. The number of hydrogen-bond donors (Lipinski definition) is 2. The van der Waals surface area contributed by atoms with Crippen LogP contribution in [0, 0.1) is 11.8 Å². The van der Waals surface area contributed by atoms with E-state index in [9.17, 15) is 14.4 Å². The standard InChI is InChI=1S/C24H39N5O3/c30-22-8-4-7-21-18-13-17(15-29(21)22)14-28(16-18)24(32)27-11-9-20(10-12-27)26-23(31)25-19-5-2-1-3-6-19/h17-21H,1-16H2,(H2,25,26,31)/t17-,18-,21-/m1/s1. The molecule has 0 aromatic rings. The minimum atomic E-state index is -0.0443. The third kappa shape index (κ3) is 4.69. The quantitative estimate of drug-likeness (QED) is 0.685. The molecule has 5 fully saturated rings. The number of nitrogens with one attached hydrogen (secondary N) is 2. The van der Waals surface area contributed by atoms with Crippen molar-refractivity contribution >= 4 is 18.0 Å². The molecule has 5 aliphatic rings. The summed E-state index contributed by atoms with van der Waals surface area (Å²) in [4.78, 5) is 44.1. The van der Waals surface area contributed by atoms with Crippen molar-refractivity contribution in [2.75, 3.05) is 32.7 Å². The molecule has 4 heterocycles. The number of hydrogen-bond acceptors (Lipinski definition) is 3. The smallest absolute Gasteiger partial charge is 0.320 e. The Kier molecular flexibility index (Phi) is 6.47. The Morgan fingerprint density at radius 2 is 1.50 bits per heavy atom. The summed E-state index contributed by atoms with van der Waals surface area (Å²) in [6.07, 6.45) is 11.4. The highest BCUT2D eigenvalue weighted by Gasteiger charge is 2.45. The molecule has 0 aromatic carbocycles. The molecule has 4 aliphatic heterocycles. The van der Waals surface area contributed by atoms with E-state index in [2.05, 4.69) is 20.4 Å². The van der Waals surface area contributed by atoms with E-state index in [-0.39, 0.29) is 18.1 Å². The lowest BCUT2D eigenvalue weighted by atomic mass is 9.76. The van der Waals surface area contributed by atoms with Crippen LogP contribution in [0.3, 0.4) is 0 Å². The van der Waals surface area contributed by atoms with Gasteiger partial charge in [-0.3, -0.25) is 4.79 Å². The number of carbonyl (C=O) groups is 3. The highest BCUT2D eigenvalue weighted by molar-refractivity contribution is 5.78. The van der Waals surface area contributed by atoms with E-state index >= 15 is 0 Å². The number of piperidine rings is 4. The van der Waals surface area contributed by atoms with Crippen molar-refractivity contribution in [1.82, 2.24) is 25.3 Å². The number of carbonyl (C=O) groups excluding carboxylic acids is 3. The highest BCUT2D eigenvalue weighted by Crippen LogP contribution is 2.38. The molecule has 8 heteroatoms. The first-order chi connectivity index (χ1) is 15.6. The van der Waals surface area contributed by atoms with E-state index in [0.29, 0.717) is 49.3 Å². The molecule has 5 rings (SSSR count). The summed E-state index contributed by atoms with van der Waals surface area (Å²) in [6, 6.07) is 0.905. The van der Waals surface area contributed by atoms with Crippen LogP contribution in [0.4, 0.5) is 9.59 Å². The van der Waals surface area contributed by atoms with Crippen LogP contribution in [0.15, 0.2) is 0 Å². The van der Waals surface area contributed by atoms with Crippen LogP contribution in [0.1, 0.15) is 70.6 Å². The molecule has 0 spiro atoms. The fourth-order valence-corrected chi connectivity index (χ4v) is 6.84. The first-order valence-electron chi connectivity index (χ1n) is 13.0. The third-order valence-electron chi connectivity index (χ3n) is 8.49. The zero-order valence-corrected chi connectivity index (χ0v) is 19.3. The number of nitrogens with zero attached hydrogens (tertiary/aromatic N) is 3. The SMILES string of the molecule is O=C(NC1CCCCC1)NC1CCN(C(=O)N2C[C@H]3C[C@H](C2)[C@H]2CCCC(=O)N2C3)CC1. The second-order valence-electron chi connectivity index (χ2n) is 10.8. The molecule has 8 nitrogen and oxygen atoms in total. The van der Waals surface area contributed by atoms with Crippen molar-refractivity contribution in [1.29, 1.82) is 0 Å². The van der Waals surface area contributed by atoms with E-state index in [1.807, 2.05) is 4.90 Å². The van der Waals surface area contributed by atoms with Gasteiger partial charge in [-0.2, -0.15) is 0 Å². The molecule has 3 atom stereocenters. The third-order valence-corrected chi connectivity index (χ3v) is 8.49. The average Bonchev–Trinajstić information content (AvgIpc) is 2.80. The fraction of sp³-hybridized carbons (Fsp3) is 0.875. The number of fused-ring (bicyclic) bond motifs is 4.